The van der Waals surface area contributed by atoms with E-state index in [1.165, 1.54) is 6.08 Å². The zero-order valence-corrected chi connectivity index (χ0v) is 13.4. The number of benzene rings is 1. The molecule has 0 aliphatic carbocycles. The van der Waals surface area contributed by atoms with Gasteiger partial charge in [0.25, 0.3) is 5.91 Å². The van der Waals surface area contributed by atoms with E-state index in [4.69, 9.17) is 5.11 Å². The zero-order chi connectivity index (χ0) is 15.8. The Hall–Kier alpha value is -1.75. The van der Waals surface area contributed by atoms with Crippen molar-refractivity contribution in [2.45, 2.75) is 26.3 Å². The molecule has 0 radical (unpaired) electrons. The first-order chi connectivity index (χ1) is 9.93. The SMILES string of the molecule is CSCCC(C)NC(=O)c1ccc(C)c(/C=C/C(=O)O)c1. The van der Waals surface area contributed by atoms with Gasteiger partial charge in [0.05, 0.1) is 0 Å². The third-order valence-corrected chi connectivity index (χ3v) is 3.72. The standard InChI is InChI=1S/C16H21NO3S/c1-11-4-5-14(10-13(11)6-7-15(18)19)16(20)17-12(2)8-9-21-3/h4-7,10,12H,8-9H2,1-3H3,(H,17,20)(H,18,19)/b7-6+. The summed E-state index contributed by atoms with van der Waals surface area (Å²) in [5.74, 6) is -0.134. The van der Waals surface area contributed by atoms with Gasteiger partial charge in [-0.1, -0.05) is 6.07 Å². The summed E-state index contributed by atoms with van der Waals surface area (Å²) in [6, 6.07) is 5.41. The highest BCUT2D eigenvalue weighted by molar-refractivity contribution is 7.98. The van der Waals surface area contributed by atoms with Crippen molar-refractivity contribution >= 4 is 29.7 Å². The van der Waals surface area contributed by atoms with Crippen molar-refractivity contribution in [3.63, 3.8) is 0 Å². The summed E-state index contributed by atoms with van der Waals surface area (Å²) >= 11 is 1.75. The molecule has 5 heteroatoms. The van der Waals surface area contributed by atoms with Crippen molar-refractivity contribution in [3.8, 4) is 0 Å². The van der Waals surface area contributed by atoms with Crippen LogP contribution < -0.4 is 5.32 Å². The second kappa shape index (κ2) is 8.52. The predicted molar refractivity (Wildman–Crippen MR) is 87.8 cm³/mol. The summed E-state index contributed by atoms with van der Waals surface area (Å²) in [5, 5.41) is 11.6. The van der Waals surface area contributed by atoms with Crippen LogP contribution in [0.4, 0.5) is 0 Å². The van der Waals surface area contributed by atoms with Crippen LogP contribution >= 0.6 is 11.8 Å². The third-order valence-electron chi connectivity index (χ3n) is 3.08. The number of carboxylic acid groups (broad SMARTS) is 1. The highest BCUT2D eigenvalue weighted by Crippen LogP contribution is 2.13. The maximum Gasteiger partial charge on any atom is 0.328 e. The van der Waals surface area contributed by atoms with E-state index in [0.717, 1.165) is 29.4 Å². The first kappa shape index (κ1) is 17.3. The molecule has 0 spiro atoms. The van der Waals surface area contributed by atoms with Crippen LogP contribution in [-0.2, 0) is 4.79 Å². The largest absolute Gasteiger partial charge is 0.478 e. The van der Waals surface area contributed by atoms with Crippen LogP contribution in [0.25, 0.3) is 6.08 Å². The molecule has 0 aromatic heterocycles. The molecule has 1 aromatic rings. The van der Waals surface area contributed by atoms with Crippen LogP contribution in [-0.4, -0.2) is 35.0 Å². The Bertz CT molecular complexity index is 540. The molecule has 0 heterocycles. The van der Waals surface area contributed by atoms with Gasteiger partial charge in [-0.3, -0.25) is 4.79 Å². The number of hydrogen-bond acceptors (Lipinski definition) is 3. The van der Waals surface area contributed by atoms with Crippen molar-refractivity contribution in [2.75, 3.05) is 12.0 Å². The molecule has 2 N–H and O–H groups in total. The second-order valence-corrected chi connectivity index (χ2v) is 5.88. The molecule has 0 fully saturated rings. The highest BCUT2D eigenvalue weighted by atomic mass is 32.2. The smallest absolute Gasteiger partial charge is 0.328 e. The first-order valence-electron chi connectivity index (χ1n) is 6.75. The summed E-state index contributed by atoms with van der Waals surface area (Å²) in [5.41, 5.74) is 2.21. The molecule has 1 unspecified atom stereocenters. The fourth-order valence-electron chi connectivity index (χ4n) is 1.80. The number of carbonyl (C=O) groups excluding carboxylic acids is 1. The molecule has 1 aromatic carbocycles. The number of thioether (sulfide) groups is 1. The van der Waals surface area contributed by atoms with E-state index in [1.54, 1.807) is 23.9 Å². The van der Waals surface area contributed by atoms with Gasteiger partial charge in [0.1, 0.15) is 0 Å². The van der Waals surface area contributed by atoms with Crippen LogP contribution in [0.1, 0.15) is 34.8 Å². The Morgan fingerprint density at radius 3 is 2.76 bits per heavy atom. The molecular formula is C16H21NO3S. The number of aryl methyl sites for hydroxylation is 1. The maximum absolute atomic E-state index is 12.2. The minimum Gasteiger partial charge on any atom is -0.478 e. The lowest BCUT2D eigenvalue weighted by molar-refractivity contribution is -0.131. The molecule has 1 amide bonds. The van der Waals surface area contributed by atoms with Gasteiger partial charge in [0.15, 0.2) is 0 Å². The Morgan fingerprint density at radius 1 is 1.43 bits per heavy atom. The number of amides is 1. The van der Waals surface area contributed by atoms with Crippen molar-refractivity contribution in [1.82, 2.24) is 5.32 Å². The molecule has 0 aliphatic heterocycles. The molecule has 0 aliphatic rings. The van der Waals surface area contributed by atoms with Gasteiger partial charge in [-0.2, -0.15) is 11.8 Å². The van der Waals surface area contributed by atoms with E-state index >= 15 is 0 Å². The van der Waals surface area contributed by atoms with Crippen LogP contribution in [0, 0.1) is 6.92 Å². The van der Waals surface area contributed by atoms with E-state index in [-0.39, 0.29) is 11.9 Å². The van der Waals surface area contributed by atoms with Crippen LogP contribution in [0.3, 0.4) is 0 Å². The first-order valence-corrected chi connectivity index (χ1v) is 8.15. The van der Waals surface area contributed by atoms with E-state index < -0.39 is 5.97 Å². The molecular weight excluding hydrogens is 286 g/mol. The zero-order valence-electron chi connectivity index (χ0n) is 12.6. The average Bonchev–Trinajstić information content (AvgIpc) is 2.43. The maximum atomic E-state index is 12.2. The van der Waals surface area contributed by atoms with E-state index in [0.29, 0.717) is 5.56 Å². The van der Waals surface area contributed by atoms with Gasteiger partial charge in [-0.05, 0) is 61.6 Å². The molecule has 0 saturated heterocycles. The molecule has 21 heavy (non-hydrogen) atoms. The molecule has 1 atom stereocenters. The molecule has 4 nitrogen and oxygen atoms in total. The van der Waals surface area contributed by atoms with Gasteiger partial charge >= 0.3 is 5.97 Å². The summed E-state index contributed by atoms with van der Waals surface area (Å²) in [4.78, 5) is 22.7. The van der Waals surface area contributed by atoms with Crippen molar-refractivity contribution in [3.05, 3.63) is 41.0 Å². The lowest BCUT2D eigenvalue weighted by atomic mass is 10.0. The fourth-order valence-corrected chi connectivity index (χ4v) is 2.39. The van der Waals surface area contributed by atoms with Gasteiger partial charge < -0.3 is 10.4 Å². The predicted octanol–water partition coefficient (Wildman–Crippen LogP) is 2.96. The molecule has 0 saturated carbocycles. The number of carbonyl (C=O) groups is 2. The Balaban J connectivity index is 2.81. The summed E-state index contributed by atoms with van der Waals surface area (Å²) < 4.78 is 0. The quantitative estimate of drug-likeness (QED) is 0.760. The van der Waals surface area contributed by atoms with E-state index in [9.17, 15) is 9.59 Å². The van der Waals surface area contributed by atoms with E-state index in [2.05, 4.69) is 5.32 Å². The monoisotopic (exact) mass is 307 g/mol. The second-order valence-electron chi connectivity index (χ2n) is 4.90. The molecule has 0 bridgehead atoms. The summed E-state index contributed by atoms with van der Waals surface area (Å²) in [7, 11) is 0. The minimum atomic E-state index is -1.00. The fraction of sp³-hybridized carbons (Fsp3) is 0.375. The normalized spacial score (nSPS) is 12.3. The topological polar surface area (TPSA) is 66.4 Å². The Morgan fingerprint density at radius 2 is 2.14 bits per heavy atom. The van der Waals surface area contributed by atoms with E-state index in [1.807, 2.05) is 26.2 Å². The number of nitrogens with one attached hydrogen (secondary N) is 1. The lowest BCUT2D eigenvalue weighted by Gasteiger charge is -2.14. The summed E-state index contributed by atoms with van der Waals surface area (Å²) in [6.45, 7) is 3.86. The average molecular weight is 307 g/mol. The van der Waals surface area contributed by atoms with Gasteiger partial charge in [-0.25, -0.2) is 4.79 Å². The van der Waals surface area contributed by atoms with Gasteiger partial charge in [-0.15, -0.1) is 0 Å². The molecule has 1 rings (SSSR count). The van der Waals surface area contributed by atoms with Crippen molar-refractivity contribution in [1.29, 1.82) is 0 Å². The van der Waals surface area contributed by atoms with Gasteiger partial charge in [0.2, 0.25) is 0 Å². The Kier molecular flexibility index (Phi) is 7.02. The number of hydrogen-bond donors (Lipinski definition) is 2. The minimum absolute atomic E-state index is 0.115. The number of aliphatic carboxylic acids is 1. The third kappa shape index (κ3) is 6.04. The van der Waals surface area contributed by atoms with Gasteiger partial charge in [0, 0.05) is 17.7 Å². The van der Waals surface area contributed by atoms with Crippen LogP contribution in [0.5, 0.6) is 0 Å². The summed E-state index contributed by atoms with van der Waals surface area (Å²) in [6.07, 6.45) is 5.54. The highest BCUT2D eigenvalue weighted by Gasteiger charge is 2.10. The Labute approximate surface area is 129 Å². The number of rotatable bonds is 7. The number of carboxylic acids is 1. The van der Waals surface area contributed by atoms with Crippen LogP contribution in [0.15, 0.2) is 24.3 Å². The van der Waals surface area contributed by atoms with Crippen molar-refractivity contribution < 1.29 is 14.7 Å². The van der Waals surface area contributed by atoms with Crippen LogP contribution in [0.2, 0.25) is 0 Å². The lowest BCUT2D eigenvalue weighted by Crippen LogP contribution is -2.32. The molecule has 114 valence electrons. The van der Waals surface area contributed by atoms with Crippen molar-refractivity contribution in [2.24, 2.45) is 0 Å².